The van der Waals surface area contributed by atoms with Gasteiger partial charge in [-0.05, 0) is 0 Å². The monoisotopic (exact) mass is 332 g/mol. The Labute approximate surface area is 125 Å². The predicted molar refractivity (Wildman–Crippen MR) is 79.2 cm³/mol. The van der Waals surface area contributed by atoms with E-state index in [0.29, 0.717) is 5.56 Å². The second-order valence-corrected chi connectivity index (χ2v) is 8.35. The van der Waals surface area contributed by atoms with E-state index in [1.54, 1.807) is 0 Å². The van der Waals surface area contributed by atoms with Crippen molar-refractivity contribution in [2.75, 3.05) is 0 Å². The van der Waals surface area contributed by atoms with Crippen molar-refractivity contribution in [2.45, 2.75) is 39.7 Å². The van der Waals surface area contributed by atoms with Gasteiger partial charge in [0.1, 0.15) is 0 Å². The number of aromatic nitrogens is 1. The van der Waals surface area contributed by atoms with Crippen LogP contribution in [0.4, 0.5) is 0 Å². The van der Waals surface area contributed by atoms with Crippen LogP contribution in [-0.4, -0.2) is 25.1 Å². The third-order valence-electron chi connectivity index (χ3n) is 3.56. The standard InChI is InChI=1S/C16H16N2OSe/c1-9-10(2)20-15(18-9)11-5-12-7-16(3,4)19-14(12)13(6-11)8-17/h5-6H,7H2,1-4H3. The van der Waals surface area contributed by atoms with Gasteiger partial charge in [0, 0.05) is 0 Å². The molecule has 0 fully saturated rings. The zero-order valence-corrected chi connectivity index (χ0v) is 13.8. The van der Waals surface area contributed by atoms with Crippen LogP contribution in [0.1, 0.15) is 35.1 Å². The first-order valence-electron chi connectivity index (χ1n) is 6.60. The van der Waals surface area contributed by atoms with Crippen molar-refractivity contribution in [3.63, 3.8) is 0 Å². The second kappa shape index (κ2) is 4.48. The molecule has 1 aromatic carbocycles. The van der Waals surface area contributed by atoms with Gasteiger partial charge in [-0.25, -0.2) is 0 Å². The van der Waals surface area contributed by atoms with Crippen LogP contribution in [0.5, 0.6) is 5.75 Å². The molecule has 0 unspecified atom stereocenters. The average Bonchev–Trinajstić information content (AvgIpc) is 2.86. The molecule has 0 N–H and O–H groups in total. The summed E-state index contributed by atoms with van der Waals surface area (Å²) in [7, 11) is 0. The molecular weight excluding hydrogens is 315 g/mol. The van der Waals surface area contributed by atoms with Crippen molar-refractivity contribution in [2.24, 2.45) is 0 Å². The Balaban J connectivity index is 2.15. The minimum absolute atomic E-state index is 0.223. The molecule has 0 bridgehead atoms. The van der Waals surface area contributed by atoms with Gasteiger partial charge in [0.2, 0.25) is 0 Å². The molecule has 2 heterocycles. The van der Waals surface area contributed by atoms with Crippen LogP contribution in [0.2, 0.25) is 0 Å². The van der Waals surface area contributed by atoms with Crippen molar-refractivity contribution in [1.82, 2.24) is 4.98 Å². The van der Waals surface area contributed by atoms with Gasteiger partial charge < -0.3 is 0 Å². The summed E-state index contributed by atoms with van der Waals surface area (Å²) >= 11 is 0.278. The molecule has 0 radical (unpaired) electrons. The Bertz CT molecular complexity index is 718. The molecule has 1 aliphatic rings. The zero-order valence-electron chi connectivity index (χ0n) is 12.1. The first-order chi connectivity index (χ1) is 9.39. The van der Waals surface area contributed by atoms with Crippen LogP contribution in [0.15, 0.2) is 12.1 Å². The molecule has 0 aliphatic carbocycles. The molecular formula is C16H16N2OSe. The van der Waals surface area contributed by atoms with Gasteiger partial charge in [-0.15, -0.1) is 0 Å². The fourth-order valence-corrected chi connectivity index (χ4v) is 4.41. The van der Waals surface area contributed by atoms with Crippen molar-refractivity contribution in [1.29, 1.82) is 5.26 Å². The molecule has 0 atom stereocenters. The van der Waals surface area contributed by atoms with Gasteiger partial charge in [0.25, 0.3) is 0 Å². The molecule has 0 spiro atoms. The van der Waals surface area contributed by atoms with Crippen molar-refractivity contribution >= 4 is 14.5 Å². The summed E-state index contributed by atoms with van der Waals surface area (Å²) in [5, 5.41) is 9.37. The van der Waals surface area contributed by atoms with E-state index in [1.807, 2.05) is 6.07 Å². The third-order valence-corrected chi connectivity index (χ3v) is 5.91. The van der Waals surface area contributed by atoms with E-state index in [1.165, 1.54) is 4.44 Å². The van der Waals surface area contributed by atoms with Crippen molar-refractivity contribution in [3.05, 3.63) is 33.4 Å². The number of nitrogens with zero attached hydrogens (tertiary/aromatic N) is 2. The molecule has 1 aliphatic heterocycles. The fraction of sp³-hybridized carbons (Fsp3) is 0.375. The summed E-state index contributed by atoms with van der Waals surface area (Å²) in [6.07, 6.45) is 0.844. The summed E-state index contributed by atoms with van der Waals surface area (Å²) in [4.78, 5) is 4.65. The fourth-order valence-electron chi connectivity index (χ4n) is 2.51. The van der Waals surface area contributed by atoms with Crippen LogP contribution in [0.25, 0.3) is 10.1 Å². The Morgan fingerprint density at radius 2 is 2.10 bits per heavy atom. The average molecular weight is 331 g/mol. The number of fused-ring (bicyclic) bond motifs is 1. The first-order valence-corrected chi connectivity index (χ1v) is 8.31. The van der Waals surface area contributed by atoms with Crippen LogP contribution < -0.4 is 4.74 Å². The van der Waals surface area contributed by atoms with Crippen LogP contribution >= 0.6 is 0 Å². The number of aryl methyl sites for hydroxylation is 2. The zero-order chi connectivity index (χ0) is 14.5. The predicted octanol–water partition coefficient (Wildman–Crippen LogP) is 3.01. The minimum atomic E-state index is -0.223. The second-order valence-electron chi connectivity index (χ2n) is 5.82. The molecule has 2 aromatic rings. The summed E-state index contributed by atoms with van der Waals surface area (Å²) < 4.78 is 8.39. The quantitative estimate of drug-likeness (QED) is 0.755. The molecule has 1 aromatic heterocycles. The van der Waals surface area contributed by atoms with E-state index >= 15 is 0 Å². The number of hydrogen-bond donors (Lipinski definition) is 0. The Kier molecular flexibility index (Phi) is 3.01. The topological polar surface area (TPSA) is 45.9 Å². The van der Waals surface area contributed by atoms with E-state index in [9.17, 15) is 5.26 Å². The number of hydrogen-bond acceptors (Lipinski definition) is 3. The Morgan fingerprint density at radius 3 is 2.70 bits per heavy atom. The van der Waals surface area contributed by atoms with Crippen LogP contribution in [0, 0.1) is 25.2 Å². The Morgan fingerprint density at radius 1 is 1.35 bits per heavy atom. The maximum absolute atomic E-state index is 9.37. The van der Waals surface area contributed by atoms with E-state index in [0.717, 1.165) is 33.6 Å². The summed E-state index contributed by atoms with van der Waals surface area (Å²) in [6.45, 7) is 8.30. The number of ether oxygens (including phenoxy) is 1. The van der Waals surface area contributed by atoms with Crippen LogP contribution in [-0.2, 0) is 6.42 Å². The van der Waals surface area contributed by atoms with Gasteiger partial charge in [-0.2, -0.15) is 0 Å². The van der Waals surface area contributed by atoms with Crippen molar-refractivity contribution in [3.8, 4) is 22.0 Å². The van der Waals surface area contributed by atoms with E-state index in [4.69, 9.17) is 4.74 Å². The Hall–Kier alpha value is -1.56. The van der Waals surface area contributed by atoms with Gasteiger partial charge in [-0.3, -0.25) is 0 Å². The first kappa shape index (κ1) is 13.4. The molecule has 0 amide bonds. The molecule has 0 saturated heterocycles. The molecule has 4 heteroatoms. The van der Waals surface area contributed by atoms with Gasteiger partial charge in [-0.1, -0.05) is 0 Å². The van der Waals surface area contributed by atoms with Gasteiger partial charge in [0.15, 0.2) is 0 Å². The molecule has 20 heavy (non-hydrogen) atoms. The van der Waals surface area contributed by atoms with Crippen LogP contribution in [0.3, 0.4) is 0 Å². The number of rotatable bonds is 1. The number of benzene rings is 1. The van der Waals surface area contributed by atoms with E-state index < -0.39 is 0 Å². The molecule has 0 saturated carbocycles. The summed E-state index contributed by atoms with van der Waals surface area (Å²) in [5.41, 5.74) is 3.74. The third kappa shape index (κ3) is 2.18. The van der Waals surface area contributed by atoms with Gasteiger partial charge >= 0.3 is 125 Å². The van der Waals surface area contributed by atoms with E-state index in [-0.39, 0.29) is 20.1 Å². The van der Waals surface area contributed by atoms with Crippen molar-refractivity contribution < 1.29 is 4.74 Å². The van der Waals surface area contributed by atoms with Gasteiger partial charge in [0.05, 0.1) is 0 Å². The maximum atomic E-state index is 9.37. The summed E-state index contributed by atoms with van der Waals surface area (Å²) in [5.74, 6) is 0.758. The normalized spacial score (nSPS) is 15.6. The molecule has 3 nitrogen and oxygen atoms in total. The molecule has 102 valence electrons. The number of nitriles is 1. The summed E-state index contributed by atoms with van der Waals surface area (Å²) in [6, 6.07) is 6.34. The SMILES string of the molecule is Cc1nc(-c2cc(C#N)c3c(c2)CC(C)(C)O3)[se]c1C. The molecule has 3 rings (SSSR count). The van der Waals surface area contributed by atoms with E-state index in [2.05, 4.69) is 44.8 Å².